The third kappa shape index (κ3) is 5.21. The third-order valence-corrected chi connectivity index (χ3v) is 0.449. The number of aliphatic imine (C=N–C) groups is 1. The fourth-order valence-corrected chi connectivity index (χ4v) is 0.170. The SMILES string of the molecule is C=COCN=CC. The fraction of sp³-hybridized carbons (Fsp3) is 0.400. The van der Waals surface area contributed by atoms with Crippen LogP contribution < -0.4 is 0 Å². The van der Waals surface area contributed by atoms with E-state index in [1.165, 1.54) is 6.26 Å². The van der Waals surface area contributed by atoms with Gasteiger partial charge in [-0.15, -0.1) is 0 Å². The second-order valence-corrected chi connectivity index (χ2v) is 0.903. The van der Waals surface area contributed by atoms with Crippen LogP contribution in [0.1, 0.15) is 6.92 Å². The van der Waals surface area contributed by atoms with Gasteiger partial charge in [-0.1, -0.05) is 6.58 Å². The first-order valence-corrected chi connectivity index (χ1v) is 2.08. The van der Waals surface area contributed by atoms with Gasteiger partial charge in [0.25, 0.3) is 0 Å². The quantitative estimate of drug-likeness (QED) is 0.296. The van der Waals surface area contributed by atoms with Crippen molar-refractivity contribution in [1.29, 1.82) is 0 Å². The van der Waals surface area contributed by atoms with E-state index in [-0.39, 0.29) is 0 Å². The summed E-state index contributed by atoms with van der Waals surface area (Å²) in [4.78, 5) is 3.74. The maximum Gasteiger partial charge on any atom is 0.177 e. The fourth-order valence-electron chi connectivity index (χ4n) is 0.170. The van der Waals surface area contributed by atoms with Crippen molar-refractivity contribution in [3.63, 3.8) is 0 Å². The summed E-state index contributed by atoms with van der Waals surface area (Å²) in [6, 6.07) is 0. The Kier molecular flexibility index (Phi) is 4.62. The Hall–Kier alpha value is -0.790. The van der Waals surface area contributed by atoms with E-state index < -0.39 is 0 Å². The van der Waals surface area contributed by atoms with Crippen molar-refractivity contribution < 1.29 is 4.74 Å². The number of nitrogens with zero attached hydrogens (tertiary/aromatic N) is 1. The molecule has 0 fully saturated rings. The molecule has 0 rings (SSSR count). The highest BCUT2D eigenvalue weighted by atomic mass is 16.5. The molecule has 2 heteroatoms. The van der Waals surface area contributed by atoms with E-state index in [0.29, 0.717) is 6.73 Å². The molecular weight excluding hydrogens is 90.1 g/mol. The largest absolute Gasteiger partial charge is 0.480 e. The van der Waals surface area contributed by atoms with E-state index in [2.05, 4.69) is 16.3 Å². The summed E-state index contributed by atoms with van der Waals surface area (Å²) in [6.45, 7) is 5.56. The van der Waals surface area contributed by atoms with Crippen molar-refractivity contribution in [2.45, 2.75) is 6.92 Å². The monoisotopic (exact) mass is 99.1 g/mol. The Morgan fingerprint density at radius 3 is 3.00 bits per heavy atom. The highest BCUT2D eigenvalue weighted by Gasteiger charge is 1.64. The minimum Gasteiger partial charge on any atom is -0.480 e. The van der Waals surface area contributed by atoms with Crippen LogP contribution in [0.3, 0.4) is 0 Å². The molecule has 0 aliphatic heterocycles. The van der Waals surface area contributed by atoms with E-state index in [0.717, 1.165) is 0 Å². The summed E-state index contributed by atoms with van der Waals surface area (Å²) < 4.78 is 4.64. The Morgan fingerprint density at radius 2 is 2.57 bits per heavy atom. The lowest BCUT2D eigenvalue weighted by molar-refractivity contribution is 0.263. The summed E-state index contributed by atoms with van der Waals surface area (Å²) in [6.07, 6.45) is 3.05. The lowest BCUT2D eigenvalue weighted by Crippen LogP contribution is -1.78. The van der Waals surface area contributed by atoms with Gasteiger partial charge >= 0.3 is 0 Å². The van der Waals surface area contributed by atoms with E-state index in [4.69, 9.17) is 0 Å². The predicted molar refractivity (Wildman–Crippen MR) is 30.3 cm³/mol. The minimum absolute atomic E-state index is 0.389. The van der Waals surface area contributed by atoms with E-state index in [1.807, 2.05) is 6.92 Å². The van der Waals surface area contributed by atoms with Crippen LogP contribution in [0.5, 0.6) is 0 Å². The lowest BCUT2D eigenvalue weighted by Gasteiger charge is -1.88. The van der Waals surface area contributed by atoms with E-state index in [9.17, 15) is 0 Å². The summed E-state index contributed by atoms with van der Waals surface area (Å²) in [5, 5.41) is 0. The number of hydrogen-bond acceptors (Lipinski definition) is 2. The molecule has 0 aromatic heterocycles. The number of hydrogen-bond donors (Lipinski definition) is 0. The van der Waals surface area contributed by atoms with Gasteiger partial charge in [-0.05, 0) is 13.1 Å². The Balaban J connectivity index is 2.82. The van der Waals surface area contributed by atoms with Crippen molar-refractivity contribution in [2.24, 2.45) is 4.99 Å². The molecule has 0 saturated carbocycles. The average Bonchev–Trinajstić information content (AvgIpc) is 1.69. The molecule has 0 aliphatic rings. The summed E-state index contributed by atoms with van der Waals surface area (Å²) in [5.74, 6) is 0. The predicted octanol–water partition coefficient (Wildman–Crippen LogP) is 1.19. The molecule has 0 bridgehead atoms. The normalized spacial score (nSPS) is 9.29. The standard InChI is InChI=1S/C5H9NO/c1-3-6-5-7-4-2/h3-4H,2,5H2,1H3. The van der Waals surface area contributed by atoms with Gasteiger partial charge in [0.1, 0.15) is 0 Å². The molecule has 0 radical (unpaired) electrons. The molecule has 0 saturated heterocycles. The molecule has 0 amide bonds. The molecule has 0 N–H and O–H groups in total. The van der Waals surface area contributed by atoms with E-state index in [1.54, 1.807) is 6.21 Å². The molecule has 40 valence electrons. The van der Waals surface area contributed by atoms with Crippen LogP contribution in [0, 0.1) is 0 Å². The van der Waals surface area contributed by atoms with Gasteiger partial charge in [-0.2, -0.15) is 0 Å². The highest BCUT2D eigenvalue weighted by Crippen LogP contribution is 1.71. The average molecular weight is 99.1 g/mol. The minimum atomic E-state index is 0.389. The molecule has 7 heavy (non-hydrogen) atoms. The van der Waals surface area contributed by atoms with Crippen molar-refractivity contribution in [3.05, 3.63) is 12.8 Å². The zero-order chi connectivity index (χ0) is 5.54. The number of ether oxygens (including phenoxy) is 1. The summed E-state index contributed by atoms with van der Waals surface area (Å²) in [5.41, 5.74) is 0. The molecule has 0 unspecified atom stereocenters. The van der Waals surface area contributed by atoms with Crippen LogP contribution in [-0.2, 0) is 4.74 Å². The zero-order valence-corrected chi connectivity index (χ0v) is 4.42. The van der Waals surface area contributed by atoms with Crippen molar-refractivity contribution in [3.8, 4) is 0 Å². The van der Waals surface area contributed by atoms with Crippen LogP contribution in [0.2, 0.25) is 0 Å². The maximum absolute atomic E-state index is 4.64. The van der Waals surface area contributed by atoms with Gasteiger partial charge in [0.2, 0.25) is 0 Å². The summed E-state index contributed by atoms with van der Waals surface area (Å²) >= 11 is 0. The van der Waals surface area contributed by atoms with Gasteiger partial charge < -0.3 is 4.74 Å². The first-order chi connectivity index (χ1) is 3.41. The van der Waals surface area contributed by atoms with Gasteiger partial charge in [-0.25, -0.2) is 0 Å². The van der Waals surface area contributed by atoms with Gasteiger partial charge in [0.15, 0.2) is 6.73 Å². The molecule has 0 aromatic carbocycles. The first kappa shape index (κ1) is 6.21. The third-order valence-electron chi connectivity index (χ3n) is 0.449. The molecular formula is C5H9NO. The van der Waals surface area contributed by atoms with Gasteiger partial charge in [0, 0.05) is 0 Å². The van der Waals surface area contributed by atoms with Crippen LogP contribution in [0.15, 0.2) is 17.8 Å². The van der Waals surface area contributed by atoms with Crippen LogP contribution >= 0.6 is 0 Å². The lowest BCUT2D eigenvalue weighted by atomic mass is 10.9. The van der Waals surface area contributed by atoms with E-state index >= 15 is 0 Å². The second kappa shape index (κ2) is 5.21. The summed E-state index contributed by atoms with van der Waals surface area (Å²) in [7, 11) is 0. The first-order valence-electron chi connectivity index (χ1n) is 2.08. The van der Waals surface area contributed by atoms with Gasteiger partial charge in [-0.3, -0.25) is 4.99 Å². The molecule has 2 nitrogen and oxygen atoms in total. The van der Waals surface area contributed by atoms with Crippen LogP contribution in [-0.4, -0.2) is 12.9 Å². The molecule has 0 atom stereocenters. The van der Waals surface area contributed by atoms with Crippen molar-refractivity contribution >= 4 is 6.21 Å². The second-order valence-electron chi connectivity index (χ2n) is 0.903. The number of rotatable bonds is 3. The molecule has 0 heterocycles. The molecule has 0 spiro atoms. The Morgan fingerprint density at radius 1 is 1.86 bits per heavy atom. The topological polar surface area (TPSA) is 21.6 Å². The molecule has 0 aliphatic carbocycles. The smallest absolute Gasteiger partial charge is 0.177 e. The highest BCUT2D eigenvalue weighted by molar-refractivity contribution is 5.52. The molecule has 0 aromatic rings. The zero-order valence-electron chi connectivity index (χ0n) is 4.42. The maximum atomic E-state index is 4.64. The Labute approximate surface area is 43.5 Å². The van der Waals surface area contributed by atoms with Crippen LogP contribution in [0.4, 0.5) is 0 Å². The van der Waals surface area contributed by atoms with Crippen molar-refractivity contribution in [1.82, 2.24) is 0 Å². The van der Waals surface area contributed by atoms with Crippen molar-refractivity contribution in [2.75, 3.05) is 6.73 Å². The van der Waals surface area contributed by atoms with Gasteiger partial charge in [0.05, 0.1) is 6.26 Å². The Bertz CT molecular complexity index is 68.5. The van der Waals surface area contributed by atoms with Crippen LogP contribution in [0.25, 0.3) is 0 Å².